The second-order valence-electron chi connectivity index (χ2n) is 7.54. The van der Waals surface area contributed by atoms with Gasteiger partial charge in [0, 0.05) is 10.5 Å². The van der Waals surface area contributed by atoms with E-state index < -0.39 is 5.97 Å². The Balaban J connectivity index is 1.54. The molecule has 3 aromatic rings. The minimum absolute atomic E-state index is 0.0467. The number of hydrogen-bond donors (Lipinski definition) is 1. The van der Waals surface area contributed by atoms with Crippen molar-refractivity contribution < 1.29 is 23.8 Å². The Labute approximate surface area is 191 Å². The molecule has 1 fully saturated rings. The molecule has 0 amide bonds. The van der Waals surface area contributed by atoms with Gasteiger partial charge in [0.15, 0.2) is 11.0 Å². The van der Waals surface area contributed by atoms with Crippen LogP contribution in [0.2, 0.25) is 5.02 Å². The lowest BCUT2D eigenvalue weighted by Gasteiger charge is -2.32. The third-order valence-electron chi connectivity index (χ3n) is 5.37. The number of para-hydroxylation sites is 1. The Hall–Kier alpha value is -2.35. The molecule has 1 aromatic heterocycles. The number of ether oxygens (including phenoxy) is 2. The third-order valence-corrected chi connectivity index (χ3v) is 6.52. The van der Waals surface area contributed by atoms with Gasteiger partial charge in [0.2, 0.25) is 0 Å². The van der Waals surface area contributed by atoms with Gasteiger partial charge in [-0.3, -0.25) is 9.59 Å². The molecule has 1 N–H and O–H groups in total. The van der Waals surface area contributed by atoms with E-state index in [0.29, 0.717) is 52.5 Å². The highest BCUT2D eigenvalue weighted by Crippen LogP contribution is 2.36. The molecule has 4 rings (SSSR count). The van der Waals surface area contributed by atoms with Crippen LogP contribution < -0.4 is 10.2 Å². The summed E-state index contributed by atoms with van der Waals surface area (Å²) in [5.74, 6) is -0.191. The SMILES string of the molecule is Cc1cc(-c2cc(=O)c3cccc(Cl)c3o2)c(OCCOC2CC(C(=O)O)C2)cc1Br. The van der Waals surface area contributed by atoms with Gasteiger partial charge < -0.3 is 19.0 Å². The fourth-order valence-corrected chi connectivity index (χ4v) is 4.06. The van der Waals surface area contributed by atoms with Crippen molar-refractivity contribution in [1.82, 2.24) is 0 Å². The van der Waals surface area contributed by atoms with E-state index in [1.54, 1.807) is 18.2 Å². The number of carbonyl (C=O) groups is 1. The molecule has 8 heteroatoms. The summed E-state index contributed by atoms with van der Waals surface area (Å²) in [4.78, 5) is 23.5. The molecule has 0 atom stereocenters. The second kappa shape index (κ2) is 9.02. The Morgan fingerprint density at radius 1 is 1.26 bits per heavy atom. The van der Waals surface area contributed by atoms with Crippen molar-refractivity contribution in [2.24, 2.45) is 5.92 Å². The van der Waals surface area contributed by atoms with Crippen LogP contribution in [0.3, 0.4) is 0 Å². The molecule has 2 aromatic carbocycles. The first-order chi connectivity index (χ1) is 14.8. The number of benzene rings is 2. The highest BCUT2D eigenvalue weighted by atomic mass is 79.9. The maximum absolute atomic E-state index is 12.6. The number of hydrogen-bond acceptors (Lipinski definition) is 5. The first kappa shape index (κ1) is 21.9. The predicted molar refractivity (Wildman–Crippen MR) is 121 cm³/mol. The number of fused-ring (bicyclic) bond motifs is 1. The molecule has 0 bridgehead atoms. The second-order valence-corrected chi connectivity index (χ2v) is 8.80. The normalized spacial score (nSPS) is 18.0. The van der Waals surface area contributed by atoms with Crippen LogP contribution in [-0.2, 0) is 9.53 Å². The molecule has 162 valence electrons. The van der Waals surface area contributed by atoms with Crippen molar-refractivity contribution in [3.63, 3.8) is 0 Å². The molecule has 31 heavy (non-hydrogen) atoms. The van der Waals surface area contributed by atoms with Crippen molar-refractivity contribution in [3.05, 3.63) is 61.7 Å². The van der Waals surface area contributed by atoms with Crippen LogP contribution in [0.25, 0.3) is 22.3 Å². The minimum Gasteiger partial charge on any atom is -0.490 e. The summed E-state index contributed by atoms with van der Waals surface area (Å²) in [6.07, 6.45) is 1.01. The van der Waals surface area contributed by atoms with Crippen LogP contribution in [0.15, 0.2) is 50.1 Å². The Morgan fingerprint density at radius 3 is 2.77 bits per heavy atom. The van der Waals surface area contributed by atoms with Crippen LogP contribution in [-0.4, -0.2) is 30.4 Å². The molecule has 0 saturated heterocycles. The van der Waals surface area contributed by atoms with E-state index >= 15 is 0 Å². The van der Waals surface area contributed by atoms with E-state index in [0.717, 1.165) is 10.0 Å². The Kier molecular flexibility index (Phi) is 6.36. The van der Waals surface area contributed by atoms with Gasteiger partial charge in [0.05, 0.1) is 34.6 Å². The van der Waals surface area contributed by atoms with Gasteiger partial charge in [0.1, 0.15) is 18.1 Å². The Morgan fingerprint density at radius 2 is 2.03 bits per heavy atom. The molecule has 0 unspecified atom stereocenters. The molecule has 1 saturated carbocycles. The largest absolute Gasteiger partial charge is 0.490 e. The number of carboxylic acids is 1. The number of carboxylic acid groups (broad SMARTS) is 1. The standard InChI is InChI=1S/C23H20BrClO6/c1-12-7-16(21-11-19(26)15-3-2-4-18(25)22(15)31-21)20(10-17(12)24)30-6-5-29-14-8-13(9-14)23(27)28/h2-4,7,10-11,13-14H,5-6,8-9H2,1H3,(H,27,28). The van der Waals surface area contributed by atoms with Crippen LogP contribution >= 0.6 is 27.5 Å². The predicted octanol–water partition coefficient (Wildman–Crippen LogP) is 5.44. The lowest BCUT2D eigenvalue weighted by Crippen LogP contribution is -2.37. The smallest absolute Gasteiger partial charge is 0.306 e. The maximum atomic E-state index is 12.6. The van der Waals surface area contributed by atoms with E-state index in [4.69, 9.17) is 30.6 Å². The molecule has 0 aliphatic heterocycles. The van der Waals surface area contributed by atoms with Gasteiger partial charge >= 0.3 is 5.97 Å². The molecular formula is C23H20BrClO6. The molecule has 1 aliphatic carbocycles. The van der Waals surface area contributed by atoms with Crippen molar-refractivity contribution in [3.8, 4) is 17.1 Å². The molecule has 1 aliphatic rings. The van der Waals surface area contributed by atoms with E-state index in [2.05, 4.69) is 15.9 Å². The van der Waals surface area contributed by atoms with Gasteiger partial charge in [-0.15, -0.1) is 0 Å². The lowest BCUT2D eigenvalue weighted by atomic mass is 9.82. The molecule has 6 nitrogen and oxygen atoms in total. The summed E-state index contributed by atoms with van der Waals surface area (Å²) in [5.41, 5.74) is 1.73. The van der Waals surface area contributed by atoms with Crippen molar-refractivity contribution in [2.75, 3.05) is 13.2 Å². The van der Waals surface area contributed by atoms with Gasteiger partial charge in [-0.05, 0) is 49.6 Å². The summed E-state index contributed by atoms with van der Waals surface area (Å²) in [7, 11) is 0. The van der Waals surface area contributed by atoms with Crippen molar-refractivity contribution in [2.45, 2.75) is 25.9 Å². The molecule has 0 radical (unpaired) electrons. The van der Waals surface area contributed by atoms with Crippen LogP contribution in [0, 0.1) is 12.8 Å². The van der Waals surface area contributed by atoms with Crippen LogP contribution in [0.4, 0.5) is 0 Å². The van der Waals surface area contributed by atoms with Crippen molar-refractivity contribution in [1.29, 1.82) is 0 Å². The van der Waals surface area contributed by atoms with E-state index in [1.807, 2.05) is 19.1 Å². The molecule has 0 spiro atoms. The average Bonchev–Trinajstić information content (AvgIpc) is 2.69. The number of aliphatic carboxylic acids is 1. The lowest BCUT2D eigenvalue weighted by molar-refractivity contribution is -0.151. The zero-order valence-electron chi connectivity index (χ0n) is 16.7. The zero-order valence-corrected chi connectivity index (χ0v) is 19.0. The zero-order chi connectivity index (χ0) is 22.1. The fourth-order valence-electron chi connectivity index (χ4n) is 3.52. The third kappa shape index (κ3) is 4.63. The van der Waals surface area contributed by atoms with E-state index in [9.17, 15) is 9.59 Å². The minimum atomic E-state index is -0.776. The first-order valence-corrected chi connectivity index (χ1v) is 11.0. The summed E-state index contributed by atoms with van der Waals surface area (Å²) in [6, 6.07) is 10.2. The summed E-state index contributed by atoms with van der Waals surface area (Å²) in [5, 5.41) is 9.72. The maximum Gasteiger partial charge on any atom is 0.306 e. The van der Waals surface area contributed by atoms with Gasteiger partial charge in [-0.1, -0.05) is 33.6 Å². The van der Waals surface area contributed by atoms with Crippen LogP contribution in [0.5, 0.6) is 5.75 Å². The summed E-state index contributed by atoms with van der Waals surface area (Å²) >= 11 is 9.75. The van der Waals surface area contributed by atoms with Gasteiger partial charge in [-0.25, -0.2) is 0 Å². The average molecular weight is 508 g/mol. The fraction of sp³-hybridized carbons (Fsp3) is 0.304. The molecule has 1 heterocycles. The summed E-state index contributed by atoms with van der Waals surface area (Å²) < 4.78 is 18.5. The van der Waals surface area contributed by atoms with Gasteiger partial charge in [-0.2, -0.15) is 0 Å². The summed E-state index contributed by atoms with van der Waals surface area (Å²) in [6.45, 7) is 2.53. The topological polar surface area (TPSA) is 86.0 Å². The number of rotatable bonds is 7. The number of aryl methyl sites for hydroxylation is 1. The highest BCUT2D eigenvalue weighted by molar-refractivity contribution is 9.10. The van der Waals surface area contributed by atoms with Gasteiger partial charge in [0.25, 0.3) is 0 Å². The van der Waals surface area contributed by atoms with Crippen molar-refractivity contribution >= 4 is 44.5 Å². The number of halogens is 2. The van der Waals surface area contributed by atoms with E-state index in [-0.39, 0.29) is 24.1 Å². The molecular weight excluding hydrogens is 488 g/mol. The van der Waals surface area contributed by atoms with E-state index in [1.165, 1.54) is 6.07 Å². The monoisotopic (exact) mass is 506 g/mol. The first-order valence-electron chi connectivity index (χ1n) is 9.83. The highest BCUT2D eigenvalue weighted by Gasteiger charge is 2.35. The quantitative estimate of drug-likeness (QED) is 0.428. The van der Waals surface area contributed by atoms with Crippen LogP contribution in [0.1, 0.15) is 18.4 Å². The Bertz CT molecular complexity index is 1200.